The van der Waals surface area contributed by atoms with Gasteiger partial charge in [0.15, 0.2) is 0 Å². The Bertz CT molecular complexity index is 515. The lowest BCUT2D eigenvalue weighted by Gasteiger charge is -2.17. The number of rotatable bonds is 4. The Labute approximate surface area is 120 Å². The van der Waals surface area contributed by atoms with Gasteiger partial charge >= 0.3 is 5.97 Å². The van der Waals surface area contributed by atoms with Crippen LogP contribution in [-0.2, 0) is 17.8 Å². The van der Waals surface area contributed by atoms with Crippen molar-refractivity contribution in [3.05, 3.63) is 29.3 Å². The van der Waals surface area contributed by atoms with Crippen LogP contribution in [0.4, 0.5) is 5.69 Å². The van der Waals surface area contributed by atoms with Crippen LogP contribution < -0.4 is 4.90 Å². The second-order valence-corrected chi connectivity index (χ2v) is 6.12. The monoisotopic (exact) mass is 274 g/mol. The topological polar surface area (TPSA) is 43.8 Å². The lowest BCUT2D eigenvalue weighted by Crippen LogP contribution is -2.21. The van der Waals surface area contributed by atoms with Gasteiger partial charge in [0.25, 0.3) is 0 Å². The summed E-state index contributed by atoms with van der Waals surface area (Å²) in [4.78, 5) is 15.4. The molecule has 108 valence electrons. The molecule has 20 heavy (non-hydrogen) atoms. The first-order valence-electron chi connectivity index (χ1n) is 7.39. The molecule has 0 radical (unpaired) electrons. The summed E-state index contributed by atoms with van der Waals surface area (Å²) in [5, 5.41) is 8.86. The van der Waals surface area contributed by atoms with Gasteiger partial charge in [-0.15, -0.1) is 0 Å². The molecule has 3 rings (SSSR count). The summed E-state index contributed by atoms with van der Waals surface area (Å²) in [6, 6.07) is 6.76. The fraction of sp³-hybridized carbons (Fsp3) is 0.562. The standard InChI is InChI=1S/C16H22N2O2/c1-17-6-5-14-8-12(2-3-15(14)17)10-18-7-4-13(11-18)9-16(19)20/h2-3,8,13H,4-7,9-11H2,1H3,(H,19,20). The number of anilines is 1. The Morgan fingerprint density at radius 1 is 1.40 bits per heavy atom. The van der Waals surface area contributed by atoms with Crippen LogP contribution in [0.3, 0.4) is 0 Å². The van der Waals surface area contributed by atoms with Gasteiger partial charge in [0.05, 0.1) is 0 Å². The summed E-state index contributed by atoms with van der Waals surface area (Å²) in [6.07, 6.45) is 2.47. The molecule has 1 unspecified atom stereocenters. The number of likely N-dealkylation sites (tertiary alicyclic amines) is 1. The summed E-state index contributed by atoms with van der Waals surface area (Å²) < 4.78 is 0. The number of nitrogens with zero attached hydrogens (tertiary/aromatic N) is 2. The zero-order valence-electron chi connectivity index (χ0n) is 12.0. The Morgan fingerprint density at radius 3 is 3.05 bits per heavy atom. The molecule has 1 aromatic carbocycles. The highest BCUT2D eigenvalue weighted by atomic mass is 16.4. The smallest absolute Gasteiger partial charge is 0.303 e. The molecule has 0 bridgehead atoms. The molecule has 2 aliphatic rings. The van der Waals surface area contributed by atoms with Gasteiger partial charge < -0.3 is 10.0 Å². The van der Waals surface area contributed by atoms with Gasteiger partial charge in [-0.3, -0.25) is 9.69 Å². The number of benzene rings is 1. The van der Waals surface area contributed by atoms with Crippen molar-refractivity contribution in [2.24, 2.45) is 5.92 Å². The second kappa shape index (κ2) is 5.44. The molecular formula is C16H22N2O2. The minimum Gasteiger partial charge on any atom is -0.481 e. The van der Waals surface area contributed by atoms with Crippen molar-refractivity contribution < 1.29 is 9.90 Å². The normalized spacial score (nSPS) is 22.2. The van der Waals surface area contributed by atoms with Gasteiger partial charge in [0.2, 0.25) is 0 Å². The fourth-order valence-corrected chi connectivity index (χ4v) is 3.45. The molecule has 0 spiro atoms. The van der Waals surface area contributed by atoms with Gasteiger partial charge in [-0.1, -0.05) is 12.1 Å². The van der Waals surface area contributed by atoms with Gasteiger partial charge in [-0.25, -0.2) is 0 Å². The van der Waals surface area contributed by atoms with E-state index in [0.717, 1.165) is 39.0 Å². The maximum Gasteiger partial charge on any atom is 0.303 e. The number of fused-ring (bicyclic) bond motifs is 1. The summed E-state index contributed by atoms with van der Waals surface area (Å²) in [6.45, 7) is 4.01. The maximum absolute atomic E-state index is 10.8. The van der Waals surface area contributed by atoms with Crippen molar-refractivity contribution in [3.63, 3.8) is 0 Å². The number of carboxylic acids is 1. The minimum atomic E-state index is -0.669. The Hall–Kier alpha value is -1.55. The van der Waals surface area contributed by atoms with Crippen LogP contribution >= 0.6 is 0 Å². The average Bonchev–Trinajstić information content (AvgIpc) is 2.97. The van der Waals surface area contributed by atoms with E-state index in [9.17, 15) is 4.79 Å². The Morgan fingerprint density at radius 2 is 2.25 bits per heavy atom. The number of aliphatic carboxylic acids is 1. The Balaban J connectivity index is 1.61. The van der Waals surface area contributed by atoms with Crippen LogP contribution in [0.25, 0.3) is 0 Å². The predicted molar refractivity (Wildman–Crippen MR) is 79.1 cm³/mol. The van der Waals surface area contributed by atoms with Crippen molar-refractivity contribution in [1.29, 1.82) is 0 Å². The van der Waals surface area contributed by atoms with E-state index in [0.29, 0.717) is 12.3 Å². The van der Waals surface area contributed by atoms with E-state index in [1.165, 1.54) is 16.8 Å². The summed E-state index contributed by atoms with van der Waals surface area (Å²) in [7, 11) is 2.14. The molecule has 0 saturated carbocycles. The molecule has 4 nitrogen and oxygen atoms in total. The first kappa shape index (κ1) is 13.4. The first-order valence-corrected chi connectivity index (χ1v) is 7.39. The van der Waals surface area contributed by atoms with E-state index in [1.54, 1.807) is 0 Å². The van der Waals surface area contributed by atoms with Crippen molar-refractivity contribution in [3.8, 4) is 0 Å². The quantitative estimate of drug-likeness (QED) is 0.911. The number of carbonyl (C=O) groups is 1. The van der Waals surface area contributed by atoms with Crippen molar-refractivity contribution in [2.75, 3.05) is 31.6 Å². The Kier molecular flexibility index (Phi) is 3.66. The predicted octanol–water partition coefficient (Wildman–Crippen LogP) is 1.98. The van der Waals surface area contributed by atoms with Crippen molar-refractivity contribution >= 4 is 11.7 Å². The number of carboxylic acid groups (broad SMARTS) is 1. The fourth-order valence-electron chi connectivity index (χ4n) is 3.45. The van der Waals surface area contributed by atoms with Crippen molar-refractivity contribution in [2.45, 2.75) is 25.8 Å². The average molecular weight is 274 g/mol. The van der Waals surface area contributed by atoms with Gasteiger partial charge in [0, 0.05) is 38.8 Å². The number of likely N-dealkylation sites (N-methyl/N-ethyl adjacent to an activating group) is 1. The summed E-state index contributed by atoms with van der Waals surface area (Å²) >= 11 is 0. The highest BCUT2D eigenvalue weighted by Gasteiger charge is 2.24. The third-order valence-corrected chi connectivity index (χ3v) is 4.51. The van der Waals surface area contributed by atoms with Crippen LogP contribution in [0.15, 0.2) is 18.2 Å². The third kappa shape index (κ3) is 2.80. The van der Waals surface area contributed by atoms with Gasteiger partial charge in [0.1, 0.15) is 0 Å². The molecule has 1 atom stereocenters. The highest BCUT2D eigenvalue weighted by molar-refractivity contribution is 5.67. The van der Waals surface area contributed by atoms with Crippen LogP contribution in [0.2, 0.25) is 0 Å². The summed E-state index contributed by atoms with van der Waals surface area (Å²) in [5.74, 6) is -0.342. The third-order valence-electron chi connectivity index (χ3n) is 4.51. The molecule has 0 amide bonds. The maximum atomic E-state index is 10.8. The highest BCUT2D eigenvalue weighted by Crippen LogP contribution is 2.28. The largest absolute Gasteiger partial charge is 0.481 e. The molecule has 1 fully saturated rings. The first-order chi connectivity index (χ1) is 9.61. The van der Waals surface area contributed by atoms with E-state index in [2.05, 4.69) is 35.0 Å². The van der Waals surface area contributed by atoms with E-state index in [-0.39, 0.29) is 0 Å². The lowest BCUT2D eigenvalue weighted by atomic mass is 10.1. The number of hydrogen-bond donors (Lipinski definition) is 1. The van der Waals surface area contributed by atoms with Crippen LogP contribution in [0.1, 0.15) is 24.0 Å². The molecular weight excluding hydrogens is 252 g/mol. The molecule has 1 saturated heterocycles. The van der Waals surface area contributed by atoms with Crippen LogP contribution in [-0.4, -0.2) is 42.7 Å². The minimum absolute atomic E-state index is 0.311. The van der Waals surface area contributed by atoms with E-state index >= 15 is 0 Å². The van der Waals surface area contributed by atoms with E-state index in [1.807, 2.05) is 0 Å². The van der Waals surface area contributed by atoms with E-state index < -0.39 is 5.97 Å². The van der Waals surface area contributed by atoms with Gasteiger partial charge in [-0.2, -0.15) is 0 Å². The SMILES string of the molecule is CN1CCc2cc(CN3CCC(CC(=O)O)C3)ccc21. The number of hydrogen-bond acceptors (Lipinski definition) is 3. The summed E-state index contributed by atoms with van der Waals surface area (Å²) in [5.41, 5.74) is 4.17. The van der Waals surface area contributed by atoms with Crippen molar-refractivity contribution in [1.82, 2.24) is 4.90 Å². The molecule has 0 aliphatic carbocycles. The molecule has 0 aromatic heterocycles. The van der Waals surface area contributed by atoms with Crippen LogP contribution in [0, 0.1) is 5.92 Å². The van der Waals surface area contributed by atoms with Crippen LogP contribution in [0.5, 0.6) is 0 Å². The van der Waals surface area contributed by atoms with E-state index in [4.69, 9.17) is 5.11 Å². The second-order valence-electron chi connectivity index (χ2n) is 6.12. The molecule has 1 N–H and O–H groups in total. The zero-order chi connectivity index (χ0) is 14.1. The molecule has 4 heteroatoms. The van der Waals surface area contributed by atoms with Gasteiger partial charge in [-0.05, 0) is 42.5 Å². The molecule has 2 aliphatic heterocycles. The lowest BCUT2D eigenvalue weighted by molar-refractivity contribution is -0.138. The zero-order valence-corrected chi connectivity index (χ0v) is 12.0. The molecule has 2 heterocycles. The molecule has 1 aromatic rings.